The number of aryl methyl sites for hydroxylation is 2. The first-order valence-corrected chi connectivity index (χ1v) is 9.71. The number of benzene rings is 2. The van der Waals surface area contributed by atoms with Crippen LogP contribution in [-0.2, 0) is 11.2 Å². The Labute approximate surface area is 173 Å². The van der Waals surface area contributed by atoms with Crippen LogP contribution in [0.1, 0.15) is 34.1 Å². The second-order valence-electron chi connectivity index (χ2n) is 7.03. The fourth-order valence-electron chi connectivity index (χ4n) is 3.47. The second-order valence-corrected chi connectivity index (χ2v) is 7.03. The van der Waals surface area contributed by atoms with E-state index in [2.05, 4.69) is 15.8 Å². The zero-order valence-electron chi connectivity index (χ0n) is 16.8. The van der Waals surface area contributed by atoms with Crippen molar-refractivity contribution in [1.82, 2.24) is 20.4 Å². The number of oxazole rings is 1. The summed E-state index contributed by atoms with van der Waals surface area (Å²) in [6, 6.07) is 19.1. The average Bonchev–Trinajstić information content (AvgIpc) is 3.31. The number of carbonyl (C=O) groups excluding carboxylic acids is 2. The minimum absolute atomic E-state index is 0.149. The van der Waals surface area contributed by atoms with Gasteiger partial charge in [-0.1, -0.05) is 30.3 Å². The van der Waals surface area contributed by atoms with Crippen LogP contribution in [0.25, 0.3) is 16.8 Å². The Bertz CT molecular complexity index is 1170. The van der Waals surface area contributed by atoms with Crippen molar-refractivity contribution in [2.24, 2.45) is 0 Å². The average molecular weight is 402 g/mol. The predicted octanol–water partition coefficient (Wildman–Crippen LogP) is 3.63. The lowest BCUT2D eigenvalue weighted by molar-refractivity contribution is -0.121. The van der Waals surface area contributed by atoms with Crippen LogP contribution >= 0.6 is 0 Å². The number of hydrogen-bond donors (Lipinski definition) is 2. The topological polar surface area (TPSA) is 89.2 Å². The molecule has 2 N–H and O–H groups in total. The lowest BCUT2D eigenvalue weighted by Crippen LogP contribution is -2.41. The molecule has 0 atom stereocenters. The van der Waals surface area contributed by atoms with Crippen molar-refractivity contribution in [3.8, 4) is 5.69 Å². The molecular formula is C23H22N4O3. The third-order valence-corrected chi connectivity index (χ3v) is 4.91. The second kappa shape index (κ2) is 8.24. The molecule has 2 amide bonds. The molecule has 0 aliphatic carbocycles. The molecule has 0 bridgehead atoms. The van der Waals surface area contributed by atoms with Crippen molar-refractivity contribution < 1.29 is 14.0 Å². The van der Waals surface area contributed by atoms with E-state index in [4.69, 9.17) is 4.42 Å². The minimum Gasteiger partial charge on any atom is -0.441 e. The highest BCUT2D eigenvalue weighted by atomic mass is 16.3. The van der Waals surface area contributed by atoms with Crippen LogP contribution in [0.15, 0.2) is 65.1 Å². The largest absolute Gasteiger partial charge is 0.441 e. The van der Waals surface area contributed by atoms with E-state index in [1.165, 1.54) is 0 Å². The van der Waals surface area contributed by atoms with Gasteiger partial charge in [-0.25, -0.2) is 4.98 Å². The highest BCUT2D eigenvalue weighted by Crippen LogP contribution is 2.20. The van der Waals surface area contributed by atoms with Crippen LogP contribution in [0, 0.1) is 13.8 Å². The summed E-state index contributed by atoms with van der Waals surface area (Å²) >= 11 is 0. The summed E-state index contributed by atoms with van der Waals surface area (Å²) in [5, 5.41) is 0. The molecule has 2 heterocycles. The van der Waals surface area contributed by atoms with Gasteiger partial charge in [-0.2, -0.15) is 0 Å². The molecule has 2 aromatic heterocycles. The zero-order chi connectivity index (χ0) is 21.1. The van der Waals surface area contributed by atoms with Crippen molar-refractivity contribution in [3.05, 3.63) is 83.5 Å². The van der Waals surface area contributed by atoms with Crippen LogP contribution in [-0.4, -0.2) is 21.4 Å². The minimum atomic E-state index is -0.361. The molecule has 0 unspecified atom stereocenters. The number of nitrogens with zero attached hydrogens (tertiary/aromatic N) is 2. The van der Waals surface area contributed by atoms with Crippen molar-refractivity contribution in [2.75, 3.05) is 0 Å². The summed E-state index contributed by atoms with van der Waals surface area (Å²) in [6.45, 7) is 3.82. The Morgan fingerprint density at radius 2 is 1.73 bits per heavy atom. The van der Waals surface area contributed by atoms with Crippen molar-refractivity contribution in [3.63, 3.8) is 0 Å². The summed E-state index contributed by atoms with van der Waals surface area (Å²) in [5.74, 6) is -0.188. The van der Waals surface area contributed by atoms with Crippen LogP contribution in [0.2, 0.25) is 0 Å². The highest BCUT2D eigenvalue weighted by Gasteiger charge is 2.17. The predicted molar refractivity (Wildman–Crippen MR) is 113 cm³/mol. The standard InChI is InChI=1S/C23H22N4O3/c1-15-14-18(16(2)27(15)17-8-4-3-5-9-17)23(29)26-25-21(28)12-13-22-24-19-10-6-7-11-20(19)30-22/h3-11,14H,12-13H2,1-2H3,(H,25,28)(H,26,29). The maximum atomic E-state index is 12.6. The third-order valence-electron chi connectivity index (χ3n) is 4.91. The maximum absolute atomic E-state index is 12.6. The first-order valence-electron chi connectivity index (χ1n) is 9.71. The van der Waals surface area contributed by atoms with Gasteiger partial charge in [0.1, 0.15) is 5.52 Å². The Hall–Kier alpha value is -3.87. The lowest BCUT2D eigenvalue weighted by atomic mass is 10.2. The number of hydrazine groups is 1. The number of fused-ring (bicyclic) bond motifs is 1. The number of hydrogen-bond acceptors (Lipinski definition) is 4. The van der Waals surface area contributed by atoms with Gasteiger partial charge in [0.05, 0.1) is 5.56 Å². The first-order chi connectivity index (χ1) is 14.5. The van der Waals surface area contributed by atoms with Gasteiger partial charge in [-0.3, -0.25) is 20.4 Å². The first kappa shape index (κ1) is 19.4. The Morgan fingerprint density at radius 1 is 1.00 bits per heavy atom. The van der Waals surface area contributed by atoms with Crippen LogP contribution < -0.4 is 10.9 Å². The van der Waals surface area contributed by atoms with Gasteiger partial charge in [-0.05, 0) is 44.2 Å². The van der Waals surface area contributed by atoms with E-state index in [0.717, 1.165) is 22.6 Å². The van der Waals surface area contributed by atoms with E-state index in [1.807, 2.05) is 79.1 Å². The fourth-order valence-corrected chi connectivity index (χ4v) is 3.47. The molecule has 4 aromatic rings. The number of rotatable bonds is 5. The molecule has 30 heavy (non-hydrogen) atoms. The highest BCUT2D eigenvalue weighted by molar-refractivity contribution is 5.97. The van der Waals surface area contributed by atoms with E-state index in [-0.39, 0.29) is 18.2 Å². The lowest BCUT2D eigenvalue weighted by Gasteiger charge is -2.10. The number of para-hydroxylation sites is 3. The smallest absolute Gasteiger partial charge is 0.271 e. The van der Waals surface area contributed by atoms with Crippen LogP contribution in [0.5, 0.6) is 0 Å². The van der Waals surface area contributed by atoms with Gasteiger partial charge >= 0.3 is 0 Å². The van der Waals surface area contributed by atoms with E-state index in [1.54, 1.807) is 0 Å². The fraction of sp³-hybridized carbons (Fsp3) is 0.174. The molecule has 152 valence electrons. The van der Waals surface area contributed by atoms with Gasteiger partial charge in [-0.15, -0.1) is 0 Å². The number of nitrogens with one attached hydrogen (secondary N) is 2. The summed E-state index contributed by atoms with van der Waals surface area (Å²) < 4.78 is 7.61. The quantitative estimate of drug-likeness (QED) is 0.499. The summed E-state index contributed by atoms with van der Waals surface area (Å²) in [4.78, 5) is 29.1. The van der Waals surface area contributed by atoms with Crippen LogP contribution in [0.4, 0.5) is 0 Å². The van der Waals surface area contributed by atoms with Gasteiger partial charge in [0, 0.05) is 29.9 Å². The molecule has 0 spiro atoms. The molecule has 0 fully saturated rings. The molecule has 0 saturated carbocycles. The normalized spacial score (nSPS) is 10.9. The molecular weight excluding hydrogens is 380 g/mol. The Morgan fingerprint density at radius 3 is 2.50 bits per heavy atom. The Balaban J connectivity index is 1.36. The molecule has 4 rings (SSSR count). The van der Waals surface area contributed by atoms with E-state index < -0.39 is 0 Å². The number of carbonyl (C=O) groups is 2. The molecule has 0 aliphatic heterocycles. The summed E-state index contributed by atoms with van der Waals surface area (Å²) in [6.07, 6.45) is 0.495. The van der Waals surface area contributed by atoms with Crippen molar-refractivity contribution >= 4 is 22.9 Å². The third kappa shape index (κ3) is 3.96. The number of amides is 2. The van der Waals surface area contributed by atoms with Gasteiger partial charge in [0.25, 0.3) is 5.91 Å². The molecule has 0 saturated heterocycles. The molecule has 2 aromatic carbocycles. The van der Waals surface area contributed by atoms with Crippen LogP contribution in [0.3, 0.4) is 0 Å². The van der Waals surface area contributed by atoms with Gasteiger partial charge < -0.3 is 8.98 Å². The summed E-state index contributed by atoms with van der Waals surface area (Å²) in [5.41, 5.74) is 9.63. The maximum Gasteiger partial charge on any atom is 0.271 e. The number of aromatic nitrogens is 2. The van der Waals surface area contributed by atoms with E-state index in [9.17, 15) is 9.59 Å². The molecule has 7 heteroatoms. The van der Waals surface area contributed by atoms with E-state index in [0.29, 0.717) is 23.5 Å². The molecule has 0 aliphatic rings. The Kier molecular flexibility index (Phi) is 5.34. The monoisotopic (exact) mass is 402 g/mol. The van der Waals surface area contributed by atoms with Crippen molar-refractivity contribution in [2.45, 2.75) is 26.7 Å². The van der Waals surface area contributed by atoms with E-state index >= 15 is 0 Å². The van der Waals surface area contributed by atoms with Crippen molar-refractivity contribution in [1.29, 1.82) is 0 Å². The summed E-state index contributed by atoms with van der Waals surface area (Å²) in [7, 11) is 0. The molecule has 0 radical (unpaired) electrons. The van der Waals surface area contributed by atoms with Gasteiger partial charge in [0.15, 0.2) is 11.5 Å². The zero-order valence-corrected chi connectivity index (χ0v) is 16.8. The van der Waals surface area contributed by atoms with Gasteiger partial charge in [0.2, 0.25) is 5.91 Å². The molecule has 7 nitrogen and oxygen atoms in total. The SMILES string of the molecule is Cc1cc(C(=O)NNC(=O)CCc2nc3ccccc3o2)c(C)n1-c1ccccc1.